The summed E-state index contributed by atoms with van der Waals surface area (Å²) in [5.41, 5.74) is 1.38. The number of carbonyl (C=O) groups is 3. The van der Waals surface area contributed by atoms with Crippen molar-refractivity contribution in [3.63, 3.8) is 0 Å². The maximum Gasteiger partial charge on any atom is 0.325 e. The minimum atomic E-state index is -1.23. The summed E-state index contributed by atoms with van der Waals surface area (Å²) in [6.45, 7) is 10.4. The van der Waals surface area contributed by atoms with E-state index >= 15 is 0 Å². The molecule has 1 saturated heterocycles. The van der Waals surface area contributed by atoms with Gasteiger partial charge in [0.2, 0.25) is 5.91 Å². The molecule has 8 heteroatoms. The zero-order valence-electron chi connectivity index (χ0n) is 20.2. The highest BCUT2D eigenvalue weighted by Crippen LogP contribution is 2.33. The van der Waals surface area contributed by atoms with Gasteiger partial charge in [0.1, 0.15) is 25.3 Å². The number of amides is 4. The van der Waals surface area contributed by atoms with E-state index in [1.165, 1.54) is 0 Å². The lowest BCUT2D eigenvalue weighted by Crippen LogP contribution is -2.43. The molecule has 0 aromatic heterocycles. The van der Waals surface area contributed by atoms with E-state index in [1.54, 1.807) is 13.0 Å². The molecule has 1 fully saturated rings. The zero-order chi connectivity index (χ0) is 24.7. The molecule has 2 atom stereocenters. The summed E-state index contributed by atoms with van der Waals surface area (Å²) in [6.07, 6.45) is 0. The average Bonchev–Trinajstić information content (AvgIpc) is 3.02. The van der Waals surface area contributed by atoms with Crippen LogP contribution in [0.4, 0.5) is 4.79 Å². The van der Waals surface area contributed by atoms with E-state index in [9.17, 15) is 14.4 Å². The van der Waals surface area contributed by atoms with Crippen molar-refractivity contribution >= 4 is 17.8 Å². The van der Waals surface area contributed by atoms with Crippen LogP contribution in [0, 0.1) is 0 Å². The fraction of sp³-hybridized carbons (Fsp3) is 0.423. The molecule has 2 aliphatic rings. The lowest BCUT2D eigenvalue weighted by Gasteiger charge is -2.25. The Bertz CT molecular complexity index is 1120. The predicted octanol–water partition coefficient (Wildman–Crippen LogP) is 3.40. The third-order valence-corrected chi connectivity index (χ3v) is 6.35. The monoisotopic (exact) mass is 465 g/mol. The summed E-state index contributed by atoms with van der Waals surface area (Å²) in [7, 11) is 0. The lowest BCUT2D eigenvalue weighted by atomic mass is 9.84. The van der Waals surface area contributed by atoms with Crippen molar-refractivity contribution in [2.75, 3.05) is 19.8 Å². The van der Waals surface area contributed by atoms with E-state index < -0.39 is 23.4 Å². The van der Waals surface area contributed by atoms with Crippen molar-refractivity contribution in [2.45, 2.75) is 51.6 Å². The number of rotatable bonds is 5. The van der Waals surface area contributed by atoms with Crippen molar-refractivity contribution in [1.29, 1.82) is 0 Å². The molecular formula is C26H31N3O5. The number of nitrogens with zero attached hydrogens (tertiary/aromatic N) is 1. The maximum atomic E-state index is 13.2. The third kappa shape index (κ3) is 4.44. The Morgan fingerprint density at radius 3 is 2.38 bits per heavy atom. The van der Waals surface area contributed by atoms with Crippen molar-refractivity contribution in [2.24, 2.45) is 0 Å². The third-order valence-electron chi connectivity index (χ3n) is 6.35. The Hall–Kier alpha value is -3.55. The van der Waals surface area contributed by atoms with Crippen molar-refractivity contribution in [3.05, 3.63) is 59.2 Å². The molecule has 4 rings (SSSR count). The van der Waals surface area contributed by atoms with E-state index in [2.05, 4.69) is 31.4 Å². The Labute approximate surface area is 199 Å². The normalized spacial score (nSPS) is 20.7. The highest BCUT2D eigenvalue weighted by atomic mass is 16.6. The minimum absolute atomic E-state index is 0.0274. The predicted molar refractivity (Wildman–Crippen MR) is 127 cm³/mol. The molecule has 34 heavy (non-hydrogen) atoms. The summed E-state index contributed by atoms with van der Waals surface area (Å²) < 4.78 is 11.1. The van der Waals surface area contributed by atoms with Gasteiger partial charge >= 0.3 is 6.03 Å². The first-order valence-corrected chi connectivity index (χ1v) is 11.4. The molecule has 2 N–H and O–H groups in total. The molecule has 0 bridgehead atoms. The standard InChI is InChI=1S/C26H31N3O5/c1-16(17-6-11-20-21(14-17)34-13-12-33-20)27-22(30)15-29-23(31)26(5,28-24(29)32)19-9-7-18(8-10-19)25(2,3)4/h6-11,14,16H,12-13,15H2,1-5H3,(H,27,30)(H,28,32). The smallest absolute Gasteiger partial charge is 0.325 e. The van der Waals surface area contributed by atoms with E-state index in [4.69, 9.17) is 9.47 Å². The van der Waals surface area contributed by atoms with Crippen LogP contribution in [-0.2, 0) is 20.5 Å². The molecule has 2 aromatic carbocycles. The zero-order valence-corrected chi connectivity index (χ0v) is 20.2. The quantitative estimate of drug-likeness (QED) is 0.660. The van der Waals surface area contributed by atoms with E-state index in [1.807, 2.05) is 43.3 Å². The summed E-state index contributed by atoms with van der Waals surface area (Å²) >= 11 is 0. The van der Waals surface area contributed by atoms with E-state index in [0.29, 0.717) is 30.3 Å². The fourth-order valence-corrected chi connectivity index (χ4v) is 4.18. The van der Waals surface area contributed by atoms with Crippen LogP contribution >= 0.6 is 0 Å². The second-order valence-corrected chi connectivity index (χ2v) is 9.97. The Balaban J connectivity index is 1.43. The summed E-state index contributed by atoms with van der Waals surface area (Å²) in [6, 6.07) is 12.2. The first-order valence-electron chi connectivity index (χ1n) is 11.4. The molecule has 0 radical (unpaired) electrons. The highest BCUT2D eigenvalue weighted by molar-refractivity contribution is 6.09. The van der Waals surface area contributed by atoms with Gasteiger partial charge in [-0.1, -0.05) is 51.1 Å². The summed E-state index contributed by atoms with van der Waals surface area (Å²) in [5.74, 6) is 0.413. The molecule has 2 heterocycles. The van der Waals surface area contributed by atoms with Gasteiger partial charge in [-0.25, -0.2) is 4.79 Å². The Morgan fingerprint density at radius 1 is 1.09 bits per heavy atom. The Morgan fingerprint density at radius 2 is 1.74 bits per heavy atom. The van der Waals surface area contributed by atoms with Crippen LogP contribution in [0.1, 0.15) is 57.4 Å². The molecule has 0 saturated carbocycles. The molecule has 2 unspecified atom stereocenters. The number of hydrogen-bond donors (Lipinski definition) is 2. The second-order valence-electron chi connectivity index (χ2n) is 9.97. The van der Waals surface area contributed by atoms with Gasteiger partial charge in [-0.2, -0.15) is 0 Å². The van der Waals surface area contributed by atoms with Crippen LogP contribution in [0.15, 0.2) is 42.5 Å². The molecule has 8 nitrogen and oxygen atoms in total. The van der Waals surface area contributed by atoms with Crippen molar-refractivity contribution in [1.82, 2.24) is 15.5 Å². The maximum absolute atomic E-state index is 13.2. The summed E-state index contributed by atoms with van der Waals surface area (Å²) in [4.78, 5) is 39.5. The SMILES string of the molecule is CC(NC(=O)CN1C(=O)NC(C)(c2ccc(C(C)(C)C)cc2)C1=O)c1ccc2c(c1)OCCO2. The molecule has 180 valence electrons. The van der Waals surface area contributed by atoms with Crippen LogP contribution in [0.5, 0.6) is 11.5 Å². The van der Waals surface area contributed by atoms with Gasteiger partial charge < -0.3 is 20.1 Å². The second kappa shape index (κ2) is 8.66. The first-order chi connectivity index (χ1) is 16.0. The molecule has 0 spiro atoms. The van der Waals surface area contributed by atoms with Gasteiger partial charge in [0.15, 0.2) is 11.5 Å². The average molecular weight is 466 g/mol. The molecule has 0 aliphatic carbocycles. The van der Waals surface area contributed by atoms with Gasteiger partial charge in [-0.3, -0.25) is 14.5 Å². The van der Waals surface area contributed by atoms with Gasteiger partial charge in [-0.05, 0) is 48.1 Å². The minimum Gasteiger partial charge on any atom is -0.486 e. The summed E-state index contributed by atoms with van der Waals surface area (Å²) in [5, 5.41) is 5.61. The molecule has 2 aromatic rings. The topological polar surface area (TPSA) is 97.0 Å². The van der Waals surface area contributed by atoms with Gasteiger partial charge in [0, 0.05) is 0 Å². The number of ether oxygens (including phenoxy) is 2. The Kier molecular flexibility index (Phi) is 6.02. The molecule has 2 aliphatic heterocycles. The number of carbonyl (C=O) groups excluding carboxylic acids is 3. The number of benzene rings is 2. The van der Waals surface area contributed by atoms with Crippen LogP contribution in [0.3, 0.4) is 0 Å². The number of fused-ring (bicyclic) bond motifs is 1. The van der Waals surface area contributed by atoms with Crippen molar-refractivity contribution in [3.8, 4) is 11.5 Å². The number of nitrogens with one attached hydrogen (secondary N) is 2. The van der Waals surface area contributed by atoms with Gasteiger partial charge in [-0.15, -0.1) is 0 Å². The molecular weight excluding hydrogens is 434 g/mol. The molecule has 4 amide bonds. The first kappa shape index (κ1) is 23.6. The van der Waals surface area contributed by atoms with Gasteiger partial charge in [0.05, 0.1) is 6.04 Å². The largest absolute Gasteiger partial charge is 0.486 e. The van der Waals surface area contributed by atoms with E-state index in [0.717, 1.165) is 16.0 Å². The van der Waals surface area contributed by atoms with Crippen LogP contribution in [0.2, 0.25) is 0 Å². The fourth-order valence-electron chi connectivity index (χ4n) is 4.18. The van der Waals surface area contributed by atoms with Crippen LogP contribution in [0.25, 0.3) is 0 Å². The van der Waals surface area contributed by atoms with Crippen LogP contribution < -0.4 is 20.1 Å². The lowest BCUT2D eigenvalue weighted by molar-refractivity contribution is -0.135. The van der Waals surface area contributed by atoms with Crippen molar-refractivity contribution < 1.29 is 23.9 Å². The number of imide groups is 1. The van der Waals surface area contributed by atoms with Crippen LogP contribution in [-0.4, -0.2) is 42.5 Å². The number of urea groups is 1. The van der Waals surface area contributed by atoms with E-state index in [-0.39, 0.29) is 18.0 Å². The number of hydrogen-bond acceptors (Lipinski definition) is 5. The highest BCUT2D eigenvalue weighted by Gasteiger charge is 2.49. The van der Waals surface area contributed by atoms with Gasteiger partial charge in [0.25, 0.3) is 5.91 Å².